The highest BCUT2D eigenvalue weighted by Gasteiger charge is 2.20. The molecule has 0 atom stereocenters. The van der Waals surface area contributed by atoms with Crippen LogP contribution < -0.4 is 19.9 Å². The summed E-state index contributed by atoms with van der Waals surface area (Å²) in [5.74, 6) is 1.12. The number of aromatic nitrogens is 2. The van der Waals surface area contributed by atoms with Gasteiger partial charge in [-0.2, -0.15) is 5.26 Å². The zero-order chi connectivity index (χ0) is 21.3. The van der Waals surface area contributed by atoms with Crippen LogP contribution in [-0.4, -0.2) is 23.1 Å². The van der Waals surface area contributed by atoms with E-state index in [0.717, 1.165) is 12.4 Å². The molecule has 4 rings (SSSR count). The van der Waals surface area contributed by atoms with Crippen LogP contribution in [0.2, 0.25) is 0 Å². The highest BCUT2D eigenvalue weighted by Crippen LogP contribution is 2.28. The quantitative estimate of drug-likeness (QED) is 0.646. The highest BCUT2D eigenvalue weighted by molar-refractivity contribution is 5.50. The molecule has 0 N–H and O–H groups in total. The lowest BCUT2D eigenvalue weighted by atomic mass is 10.2. The van der Waals surface area contributed by atoms with Gasteiger partial charge in [-0.15, -0.1) is 0 Å². The fraction of sp³-hybridized carbons (Fsp3) is 0.227. The van der Waals surface area contributed by atoms with Crippen LogP contribution in [0.3, 0.4) is 0 Å². The van der Waals surface area contributed by atoms with E-state index in [9.17, 15) is 9.18 Å². The van der Waals surface area contributed by atoms with Gasteiger partial charge in [-0.05, 0) is 36.8 Å². The number of rotatable bonds is 5. The molecule has 0 spiro atoms. The first-order valence-electron chi connectivity index (χ1n) is 9.37. The summed E-state index contributed by atoms with van der Waals surface area (Å²) in [5.41, 5.74) is 1.31. The van der Waals surface area contributed by atoms with E-state index in [2.05, 4.69) is 4.98 Å². The second-order valence-corrected chi connectivity index (χ2v) is 7.02. The smallest absolute Gasteiger partial charge is 0.258 e. The van der Waals surface area contributed by atoms with E-state index >= 15 is 0 Å². The van der Waals surface area contributed by atoms with E-state index in [-0.39, 0.29) is 23.6 Å². The average molecular weight is 406 g/mol. The number of hydrogen-bond acceptors (Lipinski definition) is 6. The minimum absolute atomic E-state index is 0.0406. The highest BCUT2D eigenvalue weighted by atomic mass is 19.1. The van der Waals surface area contributed by atoms with Crippen molar-refractivity contribution in [1.82, 2.24) is 9.55 Å². The predicted molar refractivity (Wildman–Crippen MR) is 108 cm³/mol. The summed E-state index contributed by atoms with van der Waals surface area (Å²) in [4.78, 5) is 18.4. The average Bonchev–Trinajstić information content (AvgIpc) is 3.12. The summed E-state index contributed by atoms with van der Waals surface area (Å²) in [6.45, 7) is 3.28. The molecule has 7 nitrogen and oxygen atoms in total. The molecule has 1 aromatic carbocycles. The van der Waals surface area contributed by atoms with E-state index in [1.165, 1.54) is 24.4 Å². The Hall–Kier alpha value is -3.86. The van der Waals surface area contributed by atoms with Crippen molar-refractivity contribution < 1.29 is 13.9 Å². The molecule has 0 saturated heterocycles. The largest absolute Gasteiger partial charge is 0.488 e. The topological polar surface area (TPSA) is 80.4 Å². The third kappa shape index (κ3) is 3.70. The molecule has 3 aromatic rings. The van der Waals surface area contributed by atoms with Gasteiger partial charge in [-0.3, -0.25) is 9.36 Å². The van der Waals surface area contributed by atoms with Crippen LogP contribution in [0.4, 0.5) is 10.2 Å². The maximum absolute atomic E-state index is 14.5. The van der Waals surface area contributed by atoms with E-state index in [0.29, 0.717) is 29.2 Å². The fourth-order valence-electron chi connectivity index (χ4n) is 3.27. The van der Waals surface area contributed by atoms with Crippen LogP contribution in [0.25, 0.3) is 0 Å². The van der Waals surface area contributed by atoms with Crippen LogP contribution in [0.1, 0.15) is 16.8 Å². The van der Waals surface area contributed by atoms with E-state index in [4.69, 9.17) is 14.7 Å². The van der Waals surface area contributed by atoms with Gasteiger partial charge >= 0.3 is 0 Å². The number of hydrogen-bond donors (Lipinski definition) is 0. The van der Waals surface area contributed by atoms with Gasteiger partial charge in [0, 0.05) is 26.2 Å². The molecule has 0 saturated carbocycles. The van der Waals surface area contributed by atoms with Gasteiger partial charge in [0.25, 0.3) is 5.56 Å². The van der Waals surface area contributed by atoms with E-state index < -0.39 is 5.82 Å². The molecule has 152 valence electrons. The van der Waals surface area contributed by atoms with E-state index in [1.54, 1.807) is 23.6 Å². The Kier molecular flexibility index (Phi) is 5.11. The Labute approximate surface area is 172 Å². The molecule has 0 bridgehead atoms. The summed E-state index contributed by atoms with van der Waals surface area (Å²) < 4.78 is 27.5. The Morgan fingerprint density at radius 3 is 2.73 bits per heavy atom. The third-order valence-electron chi connectivity index (χ3n) is 4.99. The van der Waals surface area contributed by atoms with Crippen LogP contribution in [0.5, 0.6) is 17.2 Å². The number of nitrogens with zero attached hydrogens (tertiary/aromatic N) is 4. The summed E-state index contributed by atoms with van der Waals surface area (Å²) in [6, 6.07) is 11.3. The van der Waals surface area contributed by atoms with Crippen molar-refractivity contribution in [1.29, 1.82) is 5.26 Å². The molecule has 2 aromatic heterocycles. The Morgan fingerprint density at radius 1 is 1.20 bits per heavy atom. The zero-order valence-electron chi connectivity index (χ0n) is 16.6. The van der Waals surface area contributed by atoms with Crippen molar-refractivity contribution in [3.63, 3.8) is 0 Å². The molecule has 30 heavy (non-hydrogen) atoms. The van der Waals surface area contributed by atoms with Gasteiger partial charge in [0.05, 0.1) is 11.8 Å². The maximum atomic E-state index is 14.5. The molecule has 8 heteroatoms. The summed E-state index contributed by atoms with van der Waals surface area (Å²) in [7, 11) is 1.93. The number of anilines is 1. The molecule has 0 radical (unpaired) electrons. The fourth-order valence-corrected chi connectivity index (χ4v) is 3.27. The minimum Gasteiger partial charge on any atom is -0.488 e. The zero-order valence-corrected chi connectivity index (χ0v) is 16.6. The molecule has 0 aliphatic carbocycles. The summed E-state index contributed by atoms with van der Waals surface area (Å²) in [6.07, 6.45) is 1.36. The molecular formula is C22H19FN4O3. The van der Waals surface area contributed by atoms with Crippen LogP contribution in [-0.2, 0) is 13.2 Å². The molecule has 1 aliphatic rings. The van der Waals surface area contributed by atoms with Crippen molar-refractivity contribution in [2.45, 2.75) is 20.1 Å². The van der Waals surface area contributed by atoms with Gasteiger partial charge < -0.3 is 14.4 Å². The lowest BCUT2D eigenvalue weighted by molar-refractivity contribution is 0.302. The first-order valence-corrected chi connectivity index (χ1v) is 9.37. The Bertz CT molecular complexity index is 1200. The molecule has 0 amide bonds. The molecule has 3 heterocycles. The predicted octanol–water partition coefficient (Wildman–Crippen LogP) is 3.38. The van der Waals surface area contributed by atoms with Gasteiger partial charge in [-0.1, -0.05) is 6.07 Å². The molecular weight excluding hydrogens is 387 g/mol. The number of pyridine rings is 2. The molecule has 0 unspecified atom stereocenters. The second kappa shape index (κ2) is 7.87. The van der Waals surface area contributed by atoms with Crippen LogP contribution in [0, 0.1) is 24.1 Å². The number of benzene rings is 1. The van der Waals surface area contributed by atoms with E-state index in [1.807, 2.05) is 24.1 Å². The Balaban J connectivity index is 1.48. The lowest BCUT2D eigenvalue weighted by Gasteiger charge is -2.15. The van der Waals surface area contributed by atoms with Crippen molar-refractivity contribution in [3.8, 4) is 23.3 Å². The van der Waals surface area contributed by atoms with Crippen LogP contribution in [0.15, 0.2) is 47.4 Å². The van der Waals surface area contributed by atoms with Gasteiger partial charge in [0.15, 0.2) is 11.6 Å². The summed E-state index contributed by atoms with van der Waals surface area (Å²) >= 11 is 0. The first kappa shape index (κ1) is 19.5. The Morgan fingerprint density at radius 2 is 2.03 bits per heavy atom. The van der Waals surface area contributed by atoms with Crippen LogP contribution >= 0.6 is 0 Å². The first-order chi connectivity index (χ1) is 14.5. The molecule has 0 fully saturated rings. The van der Waals surface area contributed by atoms with Gasteiger partial charge in [0.1, 0.15) is 35.7 Å². The van der Waals surface area contributed by atoms with Crippen molar-refractivity contribution in [2.24, 2.45) is 0 Å². The summed E-state index contributed by atoms with van der Waals surface area (Å²) in [5, 5.41) is 8.77. The number of likely N-dealkylation sites (N-methyl/N-ethyl adjacent to an activating group) is 1. The van der Waals surface area contributed by atoms with Crippen molar-refractivity contribution in [3.05, 3.63) is 75.6 Å². The maximum Gasteiger partial charge on any atom is 0.258 e. The van der Waals surface area contributed by atoms with Gasteiger partial charge in [-0.25, -0.2) is 9.37 Å². The SMILES string of the molecule is Cc1c(OCc2ccc(Oc3ccc(C#N)nc3)c(F)c2)cc2n(c1=O)CCN2C. The normalized spacial score (nSPS) is 12.4. The number of halogens is 1. The molecule has 1 aliphatic heterocycles. The van der Waals surface area contributed by atoms with Crippen molar-refractivity contribution >= 4 is 5.82 Å². The third-order valence-corrected chi connectivity index (χ3v) is 4.99. The standard InChI is InChI=1S/C22H19FN4O3/c1-14-20(10-21-26(2)7-8-27(21)22(14)28)29-13-15-3-6-19(18(23)9-15)30-17-5-4-16(11-24)25-12-17/h3-6,9-10,12H,7-8,13H2,1-2H3. The number of nitriles is 1. The number of ether oxygens (including phenoxy) is 2. The number of fused-ring (bicyclic) bond motifs is 1. The van der Waals surface area contributed by atoms with Gasteiger partial charge in [0.2, 0.25) is 0 Å². The minimum atomic E-state index is -0.550. The second-order valence-electron chi connectivity index (χ2n) is 7.02. The monoisotopic (exact) mass is 406 g/mol. The van der Waals surface area contributed by atoms with Crippen molar-refractivity contribution in [2.75, 3.05) is 18.5 Å². The lowest BCUT2D eigenvalue weighted by Crippen LogP contribution is -2.21.